The normalized spacial score (nSPS) is 27.2. The molecule has 2 N–H and O–H groups in total. The molecule has 15 nitrogen and oxygen atoms in total. The largest absolute Gasteiger partial charge is 0.458 e. The first-order valence-electron chi connectivity index (χ1n) is 15.0. The minimum absolute atomic E-state index is 0.00229. The van der Waals surface area contributed by atoms with Gasteiger partial charge in [-0.05, 0) is 41.5 Å². The van der Waals surface area contributed by atoms with Gasteiger partial charge in [0, 0.05) is 48.2 Å². The maximum absolute atomic E-state index is 13.4. The van der Waals surface area contributed by atoms with Crippen molar-refractivity contribution in [2.45, 2.75) is 88.8 Å². The van der Waals surface area contributed by atoms with Gasteiger partial charge in [-0.2, -0.15) is 0 Å². The summed E-state index contributed by atoms with van der Waals surface area (Å²) in [5.74, 6) is -2.23. The lowest BCUT2D eigenvalue weighted by Gasteiger charge is -2.49. The fraction of sp³-hybridized carbons (Fsp3) is 0.516. The van der Waals surface area contributed by atoms with Crippen LogP contribution in [0.5, 0.6) is 0 Å². The van der Waals surface area contributed by atoms with Crippen molar-refractivity contribution >= 4 is 18.0 Å². The SMILES string of the molecule is CC(=O)O[C@H]1C(N=[N+]=[N-])CC(N=[N+]=[N-])C([C@H]2O[C@H](CN(Cc3ccccc3)C(=O)OCc3ccccc3)CCC2N)[C@@H]1OC(C)=O. The van der Waals surface area contributed by atoms with E-state index >= 15 is 0 Å². The van der Waals surface area contributed by atoms with Crippen molar-refractivity contribution in [1.29, 1.82) is 0 Å². The first kappa shape index (κ1) is 34.1. The zero-order valence-electron chi connectivity index (χ0n) is 25.7. The Balaban J connectivity index is 1.61. The van der Waals surface area contributed by atoms with E-state index in [9.17, 15) is 25.4 Å². The van der Waals surface area contributed by atoms with E-state index in [1.807, 2.05) is 60.7 Å². The number of benzene rings is 2. The molecule has 0 radical (unpaired) electrons. The molecule has 46 heavy (non-hydrogen) atoms. The Morgan fingerprint density at radius 2 is 1.48 bits per heavy atom. The smallest absolute Gasteiger partial charge is 0.410 e. The third kappa shape index (κ3) is 9.11. The summed E-state index contributed by atoms with van der Waals surface area (Å²) in [6.45, 7) is 2.87. The van der Waals surface area contributed by atoms with Crippen LogP contribution in [0, 0.1) is 5.92 Å². The number of esters is 2. The van der Waals surface area contributed by atoms with Crippen molar-refractivity contribution in [3.63, 3.8) is 0 Å². The molecule has 2 aromatic rings. The van der Waals surface area contributed by atoms with Crippen LogP contribution in [0.3, 0.4) is 0 Å². The van der Waals surface area contributed by atoms with Crippen molar-refractivity contribution in [2.75, 3.05) is 6.54 Å². The van der Waals surface area contributed by atoms with Crippen molar-refractivity contribution in [3.8, 4) is 0 Å². The van der Waals surface area contributed by atoms with Crippen molar-refractivity contribution < 1.29 is 33.3 Å². The second-order valence-corrected chi connectivity index (χ2v) is 11.4. The second kappa shape index (κ2) is 16.5. The highest BCUT2D eigenvalue weighted by molar-refractivity contribution is 5.68. The molecule has 0 bridgehead atoms. The molecule has 1 aliphatic heterocycles. The minimum atomic E-state index is -1.20. The van der Waals surface area contributed by atoms with Crippen LogP contribution in [-0.4, -0.2) is 72.0 Å². The molecule has 15 heteroatoms. The van der Waals surface area contributed by atoms with E-state index in [0.717, 1.165) is 11.1 Å². The highest BCUT2D eigenvalue weighted by atomic mass is 16.6. The monoisotopic (exact) mass is 634 g/mol. The van der Waals surface area contributed by atoms with Crippen molar-refractivity contribution in [1.82, 2.24) is 4.90 Å². The lowest BCUT2D eigenvalue weighted by atomic mass is 9.72. The Bertz CT molecular complexity index is 1430. The van der Waals surface area contributed by atoms with E-state index in [-0.39, 0.29) is 26.1 Å². The van der Waals surface area contributed by atoms with Crippen LogP contribution in [0.15, 0.2) is 70.9 Å². The fourth-order valence-electron chi connectivity index (χ4n) is 6.15. The predicted octanol–water partition coefficient (Wildman–Crippen LogP) is 4.94. The van der Waals surface area contributed by atoms with Crippen LogP contribution in [0.2, 0.25) is 0 Å². The van der Waals surface area contributed by atoms with Gasteiger partial charge in [-0.1, -0.05) is 70.9 Å². The van der Waals surface area contributed by atoms with Crippen LogP contribution < -0.4 is 5.73 Å². The summed E-state index contributed by atoms with van der Waals surface area (Å²) in [4.78, 5) is 45.2. The maximum atomic E-state index is 13.4. The van der Waals surface area contributed by atoms with Crippen LogP contribution >= 0.6 is 0 Å². The molecule has 8 atom stereocenters. The molecule has 4 rings (SSSR count). The van der Waals surface area contributed by atoms with Crippen LogP contribution in [-0.2, 0) is 41.7 Å². The molecule has 1 saturated heterocycles. The summed E-state index contributed by atoms with van der Waals surface area (Å²) >= 11 is 0. The number of hydrogen-bond donors (Lipinski definition) is 1. The summed E-state index contributed by atoms with van der Waals surface area (Å²) in [6, 6.07) is 16.3. The van der Waals surface area contributed by atoms with Crippen LogP contribution in [0.4, 0.5) is 4.79 Å². The van der Waals surface area contributed by atoms with Gasteiger partial charge in [0.1, 0.15) is 18.8 Å². The molecule has 4 unspecified atom stereocenters. The molecular formula is C31H38N8O7. The fourth-order valence-corrected chi connectivity index (χ4v) is 6.15. The molecule has 1 saturated carbocycles. The van der Waals surface area contributed by atoms with Gasteiger partial charge < -0.3 is 29.6 Å². The number of amides is 1. The lowest BCUT2D eigenvalue weighted by Crippen LogP contribution is -2.63. The molecule has 0 spiro atoms. The van der Waals surface area contributed by atoms with Crippen LogP contribution in [0.1, 0.15) is 44.2 Å². The summed E-state index contributed by atoms with van der Waals surface area (Å²) in [5, 5.41) is 7.71. The number of carbonyl (C=O) groups excluding carboxylic acids is 3. The lowest BCUT2D eigenvalue weighted by molar-refractivity contribution is -0.194. The molecular weight excluding hydrogens is 596 g/mol. The van der Waals surface area contributed by atoms with Gasteiger partial charge in [0.15, 0.2) is 0 Å². The van der Waals surface area contributed by atoms with Gasteiger partial charge >= 0.3 is 18.0 Å². The van der Waals surface area contributed by atoms with E-state index < -0.39 is 66.5 Å². The van der Waals surface area contributed by atoms with E-state index in [1.165, 1.54) is 13.8 Å². The van der Waals surface area contributed by atoms with E-state index in [1.54, 1.807) is 4.90 Å². The Hall–Kier alpha value is -4.81. The van der Waals surface area contributed by atoms with Gasteiger partial charge in [0.2, 0.25) is 0 Å². The Morgan fingerprint density at radius 1 is 0.891 bits per heavy atom. The minimum Gasteiger partial charge on any atom is -0.458 e. The maximum Gasteiger partial charge on any atom is 0.410 e. The first-order chi connectivity index (χ1) is 22.2. The molecule has 2 aliphatic rings. The average Bonchev–Trinajstić information content (AvgIpc) is 3.03. The molecule has 0 aromatic heterocycles. The number of hydrogen-bond acceptors (Lipinski definition) is 10. The number of azide groups is 2. The average molecular weight is 635 g/mol. The zero-order valence-corrected chi connectivity index (χ0v) is 25.7. The summed E-state index contributed by atoms with van der Waals surface area (Å²) in [7, 11) is 0. The standard InChI is InChI=1S/C31H38N8O7/c1-19(40)44-29-26(36-38-34)15-25(35-37-33)27(30(29)45-20(2)41)28-24(32)14-13-23(46-28)17-39(16-21-9-5-3-6-10-21)31(42)43-18-22-11-7-4-8-12-22/h3-12,23-30H,13-18,32H2,1-2H3/t23-,24?,25?,26?,27?,28-,29-,30-/m0/s1. The Labute approximate surface area is 266 Å². The Kier molecular flexibility index (Phi) is 12.2. The van der Waals surface area contributed by atoms with Gasteiger partial charge in [-0.25, -0.2) is 4.79 Å². The van der Waals surface area contributed by atoms with Gasteiger partial charge in [-0.15, -0.1) is 0 Å². The molecule has 1 amide bonds. The van der Waals surface area contributed by atoms with Gasteiger partial charge in [-0.3, -0.25) is 9.59 Å². The second-order valence-electron chi connectivity index (χ2n) is 11.4. The molecule has 244 valence electrons. The van der Waals surface area contributed by atoms with E-state index in [0.29, 0.717) is 12.8 Å². The number of ether oxygens (including phenoxy) is 4. The van der Waals surface area contributed by atoms with Crippen molar-refractivity contribution in [3.05, 3.63) is 92.7 Å². The third-order valence-electron chi connectivity index (χ3n) is 8.09. The highest BCUT2D eigenvalue weighted by Gasteiger charge is 2.53. The summed E-state index contributed by atoms with van der Waals surface area (Å²) < 4.78 is 23.4. The van der Waals surface area contributed by atoms with Crippen molar-refractivity contribution in [2.24, 2.45) is 21.9 Å². The number of carbonyl (C=O) groups is 3. The van der Waals surface area contributed by atoms with E-state index in [4.69, 9.17) is 24.7 Å². The molecule has 2 fully saturated rings. The third-order valence-corrected chi connectivity index (χ3v) is 8.09. The topological polar surface area (TPSA) is 215 Å². The number of rotatable bonds is 11. The van der Waals surface area contributed by atoms with Gasteiger partial charge in [0.25, 0.3) is 0 Å². The first-order valence-corrected chi connectivity index (χ1v) is 15.0. The summed E-state index contributed by atoms with van der Waals surface area (Å²) in [5.41, 5.74) is 27.0. The van der Waals surface area contributed by atoms with Gasteiger partial charge in [0.05, 0.1) is 24.8 Å². The molecule has 1 aliphatic carbocycles. The highest BCUT2D eigenvalue weighted by Crippen LogP contribution is 2.40. The van der Waals surface area contributed by atoms with Crippen LogP contribution in [0.25, 0.3) is 20.9 Å². The quantitative estimate of drug-likeness (QED) is 0.117. The number of nitrogens with two attached hydrogens (primary N) is 1. The Morgan fingerprint density at radius 3 is 2.09 bits per heavy atom. The molecule has 1 heterocycles. The predicted molar refractivity (Wildman–Crippen MR) is 164 cm³/mol. The zero-order chi connectivity index (χ0) is 33.1. The summed E-state index contributed by atoms with van der Waals surface area (Å²) in [6.07, 6.45) is -3.31. The number of nitrogens with zero attached hydrogens (tertiary/aromatic N) is 7. The van der Waals surface area contributed by atoms with E-state index in [2.05, 4.69) is 20.1 Å². The molecule has 2 aromatic carbocycles.